The lowest BCUT2D eigenvalue weighted by molar-refractivity contribution is 0.0926. The van der Waals surface area contributed by atoms with E-state index in [2.05, 4.69) is 20.4 Å². The van der Waals surface area contributed by atoms with Gasteiger partial charge >= 0.3 is 0 Å². The number of hydrogen-bond donors (Lipinski definition) is 2. The van der Waals surface area contributed by atoms with E-state index in [1.807, 2.05) is 12.3 Å². The molecule has 1 unspecified atom stereocenters. The fourth-order valence-corrected chi connectivity index (χ4v) is 3.02. The molecule has 118 valence electrons. The molecule has 0 spiro atoms. The molecule has 3 heterocycles. The zero-order valence-electron chi connectivity index (χ0n) is 12.5. The molecule has 1 aliphatic heterocycles. The molecule has 7 heteroatoms. The Balaban J connectivity index is 1.59. The van der Waals surface area contributed by atoms with Gasteiger partial charge in [-0.1, -0.05) is 0 Å². The van der Waals surface area contributed by atoms with Crippen LogP contribution in [0.25, 0.3) is 5.65 Å². The molecule has 22 heavy (non-hydrogen) atoms. The fourth-order valence-electron chi connectivity index (χ4n) is 3.02. The first-order valence-electron chi connectivity index (χ1n) is 7.67. The highest BCUT2D eigenvalue weighted by atomic mass is 16.3. The third-order valence-corrected chi connectivity index (χ3v) is 4.14. The molecule has 3 rings (SSSR count). The molecule has 7 nitrogen and oxygen atoms in total. The minimum atomic E-state index is -0.113. The van der Waals surface area contributed by atoms with Crippen molar-refractivity contribution in [1.29, 1.82) is 0 Å². The van der Waals surface area contributed by atoms with E-state index in [0.717, 1.165) is 25.9 Å². The van der Waals surface area contributed by atoms with Crippen molar-refractivity contribution >= 4 is 11.6 Å². The Morgan fingerprint density at radius 1 is 1.50 bits per heavy atom. The van der Waals surface area contributed by atoms with E-state index in [1.54, 1.807) is 16.8 Å². The Hall–Kier alpha value is -1.99. The van der Waals surface area contributed by atoms with Crippen LogP contribution in [0.2, 0.25) is 0 Å². The number of nitrogens with one attached hydrogen (secondary N) is 1. The molecule has 1 atom stereocenters. The minimum Gasteiger partial charge on any atom is -0.395 e. The maximum Gasteiger partial charge on any atom is 0.255 e. The van der Waals surface area contributed by atoms with Crippen LogP contribution in [-0.4, -0.2) is 63.3 Å². The molecule has 2 N–H and O–H groups in total. The number of nitrogens with zero attached hydrogens (tertiary/aromatic N) is 4. The number of aliphatic hydroxyl groups is 1. The largest absolute Gasteiger partial charge is 0.395 e. The number of pyridine rings is 1. The second kappa shape index (κ2) is 6.85. The van der Waals surface area contributed by atoms with E-state index < -0.39 is 0 Å². The number of rotatable bonds is 5. The maximum absolute atomic E-state index is 12.4. The lowest BCUT2D eigenvalue weighted by Crippen LogP contribution is -2.42. The van der Waals surface area contributed by atoms with Crippen LogP contribution in [0.15, 0.2) is 24.7 Å². The number of aliphatic hydroxyl groups excluding tert-OH is 1. The van der Waals surface area contributed by atoms with Gasteiger partial charge in [-0.3, -0.25) is 9.20 Å². The average Bonchev–Trinajstić information content (AvgIpc) is 3.02. The van der Waals surface area contributed by atoms with Gasteiger partial charge in [0.25, 0.3) is 5.91 Å². The van der Waals surface area contributed by atoms with Gasteiger partial charge in [-0.05, 0) is 37.4 Å². The Kier molecular flexibility index (Phi) is 4.65. The second-order valence-electron chi connectivity index (χ2n) is 5.73. The van der Waals surface area contributed by atoms with Crippen molar-refractivity contribution in [3.05, 3.63) is 30.2 Å². The number of carbonyl (C=O) groups is 1. The van der Waals surface area contributed by atoms with Crippen LogP contribution in [0.3, 0.4) is 0 Å². The van der Waals surface area contributed by atoms with Crippen LogP contribution in [0, 0.1) is 5.92 Å². The van der Waals surface area contributed by atoms with Gasteiger partial charge < -0.3 is 15.3 Å². The molecule has 1 aliphatic rings. The van der Waals surface area contributed by atoms with Gasteiger partial charge in [0.15, 0.2) is 5.65 Å². The average molecular weight is 303 g/mol. The van der Waals surface area contributed by atoms with Crippen molar-refractivity contribution in [3.8, 4) is 0 Å². The minimum absolute atomic E-state index is 0.113. The van der Waals surface area contributed by atoms with Crippen LogP contribution in [0.5, 0.6) is 0 Å². The maximum atomic E-state index is 12.4. The molecule has 1 fully saturated rings. The summed E-state index contributed by atoms with van der Waals surface area (Å²) in [7, 11) is 0. The smallest absolute Gasteiger partial charge is 0.255 e. The fraction of sp³-hybridized carbons (Fsp3) is 0.533. The summed E-state index contributed by atoms with van der Waals surface area (Å²) in [6.07, 6.45) is 5.62. The van der Waals surface area contributed by atoms with Crippen molar-refractivity contribution in [3.63, 3.8) is 0 Å². The highest BCUT2D eigenvalue weighted by Crippen LogP contribution is 2.15. The Bertz CT molecular complexity index is 640. The molecule has 2 aromatic heterocycles. The molecule has 0 saturated carbocycles. The normalized spacial score (nSPS) is 19.4. The summed E-state index contributed by atoms with van der Waals surface area (Å²) in [5.41, 5.74) is 1.12. The van der Waals surface area contributed by atoms with Crippen LogP contribution in [0.4, 0.5) is 0 Å². The Morgan fingerprint density at radius 2 is 2.41 bits per heavy atom. The highest BCUT2D eigenvalue weighted by Gasteiger charge is 2.20. The number of fused-ring (bicyclic) bond motifs is 1. The molecular formula is C15H21N5O2. The predicted octanol–water partition coefficient (Wildman–Crippen LogP) is 0.163. The van der Waals surface area contributed by atoms with Crippen molar-refractivity contribution in [1.82, 2.24) is 24.8 Å². The van der Waals surface area contributed by atoms with Gasteiger partial charge in [0.1, 0.15) is 6.33 Å². The number of β-amino-alcohol motifs (C(OH)–C–C–N with tert-alkyl or cyclic N) is 1. The van der Waals surface area contributed by atoms with Crippen LogP contribution >= 0.6 is 0 Å². The number of amides is 1. The molecule has 0 radical (unpaired) electrons. The molecule has 2 aromatic rings. The van der Waals surface area contributed by atoms with Crippen molar-refractivity contribution in [2.75, 3.05) is 32.8 Å². The van der Waals surface area contributed by atoms with Gasteiger partial charge in [0, 0.05) is 25.8 Å². The molecular weight excluding hydrogens is 282 g/mol. The number of hydrogen-bond acceptors (Lipinski definition) is 5. The summed E-state index contributed by atoms with van der Waals surface area (Å²) >= 11 is 0. The monoisotopic (exact) mass is 303 g/mol. The van der Waals surface area contributed by atoms with Crippen molar-refractivity contribution in [2.24, 2.45) is 5.92 Å². The topological polar surface area (TPSA) is 82.8 Å². The summed E-state index contributed by atoms with van der Waals surface area (Å²) in [4.78, 5) is 14.6. The predicted molar refractivity (Wildman–Crippen MR) is 81.6 cm³/mol. The van der Waals surface area contributed by atoms with E-state index in [1.165, 1.54) is 0 Å². The molecule has 0 bridgehead atoms. The summed E-state index contributed by atoms with van der Waals surface area (Å²) < 4.78 is 1.73. The zero-order chi connectivity index (χ0) is 15.4. The van der Waals surface area contributed by atoms with Crippen molar-refractivity contribution in [2.45, 2.75) is 12.8 Å². The highest BCUT2D eigenvalue weighted by molar-refractivity contribution is 5.99. The standard InChI is InChI=1S/C15H21N5O2/c21-8-7-19-5-1-3-12(10-19)9-16-15(22)13-4-2-6-20-11-17-18-14(13)20/h2,4,6,11-12,21H,1,3,5,7-10H2,(H,16,22). The SMILES string of the molecule is O=C(NCC1CCCN(CCO)C1)c1cccn2cnnc12. The van der Waals surface area contributed by atoms with E-state index >= 15 is 0 Å². The third kappa shape index (κ3) is 3.26. The van der Waals surface area contributed by atoms with E-state index in [-0.39, 0.29) is 12.5 Å². The lowest BCUT2D eigenvalue weighted by Gasteiger charge is -2.32. The van der Waals surface area contributed by atoms with E-state index in [4.69, 9.17) is 5.11 Å². The van der Waals surface area contributed by atoms with E-state index in [0.29, 0.717) is 30.2 Å². The van der Waals surface area contributed by atoms with Gasteiger partial charge in [-0.15, -0.1) is 10.2 Å². The third-order valence-electron chi connectivity index (χ3n) is 4.14. The molecule has 1 saturated heterocycles. The van der Waals surface area contributed by atoms with Crippen LogP contribution < -0.4 is 5.32 Å². The lowest BCUT2D eigenvalue weighted by atomic mass is 9.98. The molecule has 0 aromatic carbocycles. The number of carbonyl (C=O) groups excluding carboxylic acids is 1. The van der Waals surface area contributed by atoms with Gasteiger partial charge in [-0.2, -0.15) is 0 Å². The first-order chi connectivity index (χ1) is 10.8. The van der Waals surface area contributed by atoms with Gasteiger partial charge in [0.05, 0.1) is 12.2 Å². The first-order valence-corrected chi connectivity index (χ1v) is 7.67. The number of piperidine rings is 1. The molecule has 0 aliphatic carbocycles. The summed E-state index contributed by atoms with van der Waals surface area (Å²) in [6, 6.07) is 3.58. The van der Waals surface area contributed by atoms with Gasteiger partial charge in [-0.25, -0.2) is 0 Å². The Morgan fingerprint density at radius 3 is 3.27 bits per heavy atom. The second-order valence-corrected chi connectivity index (χ2v) is 5.73. The number of aromatic nitrogens is 3. The summed E-state index contributed by atoms with van der Waals surface area (Å²) in [5, 5.41) is 19.8. The Labute approximate surface area is 129 Å². The number of likely N-dealkylation sites (tertiary alicyclic amines) is 1. The zero-order valence-corrected chi connectivity index (χ0v) is 12.5. The van der Waals surface area contributed by atoms with Gasteiger partial charge in [0.2, 0.25) is 0 Å². The first kappa shape index (κ1) is 14.9. The summed E-state index contributed by atoms with van der Waals surface area (Å²) in [6.45, 7) is 3.51. The van der Waals surface area contributed by atoms with Crippen molar-refractivity contribution < 1.29 is 9.90 Å². The quantitative estimate of drug-likeness (QED) is 0.822. The summed E-state index contributed by atoms with van der Waals surface area (Å²) in [5.74, 6) is 0.319. The molecule has 1 amide bonds. The van der Waals surface area contributed by atoms with Crippen LogP contribution in [-0.2, 0) is 0 Å². The van der Waals surface area contributed by atoms with Crippen LogP contribution in [0.1, 0.15) is 23.2 Å². The van der Waals surface area contributed by atoms with E-state index in [9.17, 15) is 4.79 Å².